The Balaban J connectivity index is 1.51. The molecular formula is C25H21N5O5. The normalized spacial score (nSPS) is 10.9. The third kappa shape index (κ3) is 5.06. The molecule has 176 valence electrons. The lowest BCUT2D eigenvalue weighted by atomic mass is 10.1. The standard InChI is InChI=1S/C25H21N5O5/c1-3-30-24(32)19-9-5-4-8-18(19)22(29-30)23(31)28-27-14-16-10-11-20(21(13-16)34-2)35-25(33)17-7-6-12-26-15-17/h4-15H,3H2,1-2H3,(H,28,31)/b27-14+. The number of ether oxygens (including phenoxy) is 2. The Morgan fingerprint density at radius 1 is 1.09 bits per heavy atom. The number of rotatable bonds is 7. The van der Waals surface area contributed by atoms with Crippen molar-refractivity contribution >= 4 is 28.9 Å². The van der Waals surface area contributed by atoms with E-state index in [9.17, 15) is 14.4 Å². The molecule has 0 atom stereocenters. The second kappa shape index (κ2) is 10.4. The number of aromatic nitrogens is 3. The number of methoxy groups -OCH3 is 1. The number of hydrogen-bond acceptors (Lipinski definition) is 8. The quantitative estimate of drug-likeness (QED) is 0.190. The zero-order valence-electron chi connectivity index (χ0n) is 19.0. The first-order valence-electron chi connectivity index (χ1n) is 10.6. The molecule has 2 aromatic carbocycles. The molecule has 0 fully saturated rings. The molecule has 0 saturated heterocycles. The molecule has 0 radical (unpaired) electrons. The molecule has 0 spiro atoms. The summed E-state index contributed by atoms with van der Waals surface area (Å²) in [6.45, 7) is 2.10. The highest BCUT2D eigenvalue weighted by molar-refractivity contribution is 6.05. The van der Waals surface area contributed by atoms with Crippen molar-refractivity contribution in [3.05, 3.63) is 94.2 Å². The SMILES string of the molecule is CCn1nc(C(=O)N/N=C/c2ccc(OC(=O)c3cccnc3)c(OC)c2)c2ccccc2c1=O. The number of aryl methyl sites for hydroxylation is 1. The molecule has 2 aromatic heterocycles. The maximum Gasteiger partial charge on any atom is 0.345 e. The Morgan fingerprint density at radius 3 is 2.60 bits per heavy atom. The van der Waals surface area contributed by atoms with Crippen LogP contribution in [0.3, 0.4) is 0 Å². The van der Waals surface area contributed by atoms with Gasteiger partial charge < -0.3 is 9.47 Å². The van der Waals surface area contributed by atoms with E-state index in [1.807, 2.05) is 0 Å². The highest BCUT2D eigenvalue weighted by Gasteiger charge is 2.16. The van der Waals surface area contributed by atoms with Crippen LogP contribution in [0.2, 0.25) is 0 Å². The maximum atomic E-state index is 12.8. The molecule has 10 heteroatoms. The van der Waals surface area contributed by atoms with Crippen LogP contribution in [-0.4, -0.2) is 40.0 Å². The minimum absolute atomic E-state index is 0.0921. The van der Waals surface area contributed by atoms with E-state index in [1.54, 1.807) is 67.7 Å². The number of pyridine rings is 1. The van der Waals surface area contributed by atoms with Gasteiger partial charge in [0.1, 0.15) is 0 Å². The predicted octanol–water partition coefficient (Wildman–Crippen LogP) is 2.80. The summed E-state index contributed by atoms with van der Waals surface area (Å²) < 4.78 is 11.9. The molecule has 0 bridgehead atoms. The van der Waals surface area contributed by atoms with Crippen LogP contribution in [0.1, 0.15) is 33.3 Å². The van der Waals surface area contributed by atoms with E-state index in [0.717, 1.165) is 0 Å². The molecule has 4 aromatic rings. The molecule has 0 aliphatic heterocycles. The smallest absolute Gasteiger partial charge is 0.345 e. The molecule has 4 rings (SSSR count). The van der Waals surface area contributed by atoms with Gasteiger partial charge in [0.05, 0.1) is 24.3 Å². The number of benzene rings is 2. The Kier molecular flexibility index (Phi) is 6.91. The van der Waals surface area contributed by atoms with Crippen molar-refractivity contribution in [2.24, 2.45) is 5.10 Å². The van der Waals surface area contributed by atoms with Gasteiger partial charge in [0.2, 0.25) is 0 Å². The van der Waals surface area contributed by atoms with E-state index in [0.29, 0.717) is 34.2 Å². The Labute approximate surface area is 199 Å². The van der Waals surface area contributed by atoms with E-state index in [4.69, 9.17) is 9.47 Å². The van der Waals surface area contributed by atoms with Crippen molar-refractivity contribution in [1.82, 2.24) is 20.2 Å². The van der Waals surface area contributed by atoms with E-state index in [-0.39, 0.29) is 17.0 Å². The second-order valence-electron chi connectivity index (χ2n) is 7.26. The third-order valence-corrected chi connectivity index (χ3v) is 5.05. The monoisotopic (exact) mass is 471 g/mol. The van der Waals surface area contributed by atoms with Crippen LogP contribution in [0, 0.1) is 0 Å². The van der Waals surface area contributed by atoms with Crippen LogP contribution in [0.25, 0.3) is 10.8 Å². The van der Waals surface area contributed by atoms with Gasteiger partial charge in [0.15, 0.2) is 17.2 Å². The summed E-state index contributed by atoms with van der Waals surface area (Å²) in [5.41, 5.74) is 3.15. The highest BCUT2D eigenvalue weighted by Crippen LogP contribution is 2.28. The van der Waals surface area contributed by atoms with Gasteiger partial charge >= 0.3 is 5.97 Å². The molecule has 10 nitrogen and oxygen atoms in total. The fourth-order valence-corrected chi connectivity index (χ4v) is 3.33. The topological polar surface area (TPSA) is 125 Å². The van der Waals surface area contributed by atoms with E-state index < -0.39 is 11.9 Å². The summed E-state index contributed by atoms with van der Waals surface area (Å²) in [6, 6.07) is 14.8. The van der Waals surface area contributed by atoms with Gasteiger partial charge in [-0.1, -0.05) is 18.2 Å². The van der Waals surface area contributed by atoms with Crippen molar-refractivity contribution < 1.29 is 19.1 Å². The number of carbonyl (C=O) groups excluding carboxylic acids is 2. The molecule has 0 saturated carbocycles. The first kappa shape index (κ1) is 23.3. The van der Waals surface area contributed by atoms with Gasteiger partial charge in [-0.3, -0.25) is 14.6 Å². The molecule has 1 amide bonds. The summed E-state index contributed by atoms with van der Waals surface area (Å²) in [7, 11) is 1.44. The Bertz CT molecular complexity index is 1480. The summed E-state index contributed by atoms with van der Waals surface area (Å²) in [6.07, 6.45) is 4.37. The van der Waals surface area contributed by atoms with Gasteiger partial charge in [0, 0.05) is 24.3 Å². The first-order valence-corrected chi connectivity index (χ1v) is 10.6. The predicted molar refractivity (Wildman–Crippen MR) is 129 cm³/mol. The summed E-state index contributed by atoms with van der Waals surface area (Å²) in [5.74, 6) is -0.605. The van der Waals surface area contributed by atoms with Crippen molar-refractivity contribution in [3.8, 4) is 11.5 Å². The number of hydrogen-bond donors (Lipinski definition) is 1. The van der Waals surface area contributed by atoms with Gasteiger partial charge in [-0.25, -0.2) is 14.9 Å². The van der Waals surface area contributed by atoms with Crippen molar-refractivity contribution in [2.75, 3.05) is 7.11 Å². The number of esters is 1. The van der Waals surface area contributed by atoms with Gasteiger partial charge in [0.25, 0.3) is 11.5 Å². The molecule has 2 heterocycles. The van der Waals surface area contributed by atoms with Crippen LogP contribution in [0.4, 0.5) is 0 Å². The average Bonchev–Trinajstić information content (AvgIpc) is 2.90. The largest absolute Gasteiger partial charge is 0.493 e. The van der Waals surface area contributed by atoms with Crippen LogP contribution in [0.15, 0.2) is 76.9 Å². The third-order valence-electron chi connectivity index (χ3n) is 5.05. The second-order valence-corrected chi connectivity index (χ2v) is 7.26. The van der Waals surface area contributed by atoms with Gasteiger partial charge in [-0.2, -0.15) is 10.2 Å². The number of nitrogens with one attached hydrogen (secondary N) is 1. The highest BCUT2D eigenvalue weighted by atomic mass is 16.6. The lowest BCUT2D eigenvalue weighted by molar-refractivity contribution is 0.0729. The number of hydrazone groups is 1. The van der Waals surface area contributed by atoms with Crippen LogP contribution >= 0.6 is 0 Å². The minimum Gasteiger partial charge on any atom is -0.493 e. The van der Waals surface area contributed by atoms with Crippen molar-refractivity contribution in [1.29, 1.82) is 0 Å². The fourth-order valence-electron chi connectivity index (χ4n) is 3.33. The van der Waals surface area contributed by atoms with Crippen LogP contribution in [-0.2, 0) is 6.54 Å². The number of carbonyl (C=O) groups is 2. The fraction of sp³-hybridized carbons (Fsp3) is 0.120. The lowest BCUT2D eigenvalue weighted by Gasteiger charge is -2.10. The zero-order valence-corrected chi connectivity index (χ0v) is 19.0. The Morgan fingerprint density at radius 2 is 1.89 bits per heavy atom. The van der Waals surface area contributed by atoms with Crippen LogP contribution in [0.5, 0.6) is 11.5 Å². The lowest BCUT2D eigenvalue weighted by Crippen LogP contribution is -2.28. The molecule has 35 heavy (non-hydrogen) atoms. The van der Waals surface area contributed by atoms with Crippen LogP contribution < -0.4 is 20.5 Å². The molecule has 1 N–H and O–H groups in total. The molecule has 0 unspecified atom stereocenters. The van der Waals surface area contributed by atoms with E-state index in [2.05, 4.69) is 20.6 Å². The van der Waals surface area contributed by atoms with Gasteiger partial charge in [-0.05, 0) is 48.9 Å². The number of nitrogens with zero attached hydrogens (tertiary/aromatic N) is 4. The van der Waals surface area contributed by atoms with E-state index >= 15 is 0 Å². The Hall–Kier alpha value is -4.86. The van der Waals surface area contributed by atoms with Crippen molar-refractivity contribution in [2.45, 2.75) is 13.5 Å². The average molecular weight is 471 g/mol. The summed E-state index contributed by atoms with van der Waals surface area (Å²) >= 11 is 0. The number of amides is 1. The van der Waals surface area contributed by atoms with E-state index in [1.165, 1.54) is 24.2 Å². The summed E-state index contributed by atoms with van der Waals surface area (Å²) in [4.78, 5) is 41.4. The summed E-state index contributed by atoms with van der Waals surface area (Å²) in [5, 5.41) is 9.02. The molecular weight excluding hydrogens is 450 g/mol. The minimum atomic E-state index is -0.571. The first-order chi connectivity index (χ1) is 17.0. The maximum absolute atomic E-state index is 12.8. The molecule has 0 aliphatic rings. The van der Waals surface area contributed by atoms with Gasteiger partial charge in [-0.15, -0.1) is 0 Å². The van der Waals surface area contributed by atoms with Crippen molar-refractivity contribution in [3.63, 3.8) is 0 Å². The number of fused-ring (bicyclic) bond motifs is 1. The zero-order chi connectivity index (χ0) is 24.8. The molecule has 0 aliphatic carbocycles.